The van der Waals surface area contributed by atoms with Crippen LogP contribution in [0.5, 0.6) is 0 Å². The second-order valence-corrected chi connectivity index (χ2v) is 5.82. The summed E-state index contributed by atoms with van der Waals surface area (Å²) in [6, 6.07) is 6.59. The first-order chi connectivity index (χ1) is 9.60. The predicted molar refractivity (Wildman–Crippen MR) is 82.4 cm³/mol. The van der Waals surface area contributed by atoms with Crippen molar-refractivity contribution in [3.8, 4) is 0 Å². The Morgan fingerprint density at radius 3 is 2.80 bits per heavy atom. The topological polar surface area (TPSA) is 55.6 Å². The zero-order chi connectivity index (χ0) is 14.5. The monoisotopic (exact) mass is 337 g/mol. The first kappa shape index (κ1) is 15.1. The Kier molecular flexibility index (Phi) is 5.25. The summed E-state index contributed by atoms with van der Waals surface area (Å²) < 4.78 is 1.10. The maximum Gasteiger partial charge on any atom is 0.176 e. The molecule has 20 heavy (non-hydrogen) atoms. The highest BCUT2D eigenvalue weighted by molar-refractivity contribution is 9.10. The number of nitrogens with zero attached hydrogens (tertiary/aromatic N) is 4. The van der Waals surface area contributed by atoms with Gasteiger partial charge in [-0.1, -0.05) is 28.9 Å². The molecule has 1 aromatic heterocycles. The van der Waals surface area contributed by atoms with Crippen molar-refractivity contribution in [3.05, 3.63) is 39.6 Å². The number of benzene rings is 1. The van der Waals surface area contributed by atoms with Crippen molar-refractivity contribution in [1.29, 1.82) is 0 Å². The van der Waals surface area contributed by atoms with E-state index in [9.17, 15) is 0 Å². The van der Waals surface area contributed by atoms with Gasteiger partial charge in [0.25, 0.3) is 0 Å². The quantitative estimate of drug-likeness (QED) is 0.880. The standard InChI is InChI=1S/C14H20BrN5/c1-4-7-16-13(9-14-17-19-20(3)18-14)12-6-5-11(15)8-10(12)2/h5-6,8,13,16H,4,7,9H2,1-3H3. The summed E-state index contributed by atoms with van der Waals surface area (Å²) >= 11 is 3.51. The third-order valence-electron chi connectivity index (χ3n) is 3.18. The number of nitrogens with one attached hydrogen (secondary N) is 1. The maximum atomic E-state index is 4.28. The van der Waals surface area contributed by atoms with Crippen LogP contribution >= 0.6 is 15.9 Å². The lowest BCUT2D eigenvalue weighted by Crippen LogP contribution is -2.25. The smallest absolute Gasteiger partial charge is 0.176 e. The van der Waals surface area contributed by atoms with Crippen LogP contribution in [0, 0.1) is 6.92 Å². The average Bonchev–Trinajstić information content (AvgIpc) is 2.80. The van der Waals surface area contributed by atoms with Gasteiger partial charge in [0.05, 0.1) is 7.05 Å². The zero-order valence-corrected chi connectivity index (χ0v) is 13.7. The molecule has 108 valence electrons. The molecule has 2 aromatic rings. The molecule has 1 aromatic carbocycles. The maximum absolute atomic E-state index is 4.28. The van der Waals surface area contributed by atoms with Crippen molar-refractivity contribution in [2.75, 3.05) is 6.54 Å². The van der Waals surface area contributed by atoms with Crippen LogP contribution in [0.25, 0.3) is 0 Å². The van der Waals surface area contributed by atoms with E-state index in [0.29, 0.717) is 0 Å². The molecular weight excluding hydrogens is 318 g/mol. The first-order valence-corrected chi connectivity index (χ1v) is 7.61. The summed E-state index contributed by atoms with van der Waals surface area (Å²) in [5, 5.41) is 15.8. The Morgan fingerprint density at radius 1 is 1.40 bits per heavy atom. The van der Waals surface area contributed by atoms with Crippen LogP contribution in [0.4, 0.5) is 0 Å². The van der Waals surface area contributed by atoms with Gasteiger partial charge in [-0.3, -0.25) is 0 Å². The number of rotatable bonds is 6. The predicted octanol–water partition coefficient (Wildman–Crippen LogP) is 2.56. The van der Waals surface area contributed by atoms with E-state index in [1.165, 1.54) is 15.9 Å². The van der Waals surface area contributed by atoms with Crippen molar-refractivity contribution in [2.45, 2.75) is 32.7 Å². The molecule has 0 aliphatic heterocycles. The molecule has 2 rings (SSSR count). The highest BCUT2D eigenvalue weighted by Gasteiger charge is 2.16. The molecule has 0 saturated carbocycles. The van der Waals surface area contributed by atoms with E-state index in [1.54, 1.807) is 7.05 Å². The second kappa shape index (κ2) is 6.95. The third kappa shape index (κ3) is 3.86. The van der Waals surface area contributed by atoms with Gasteiger partial charge in [0, 0.05) is 16.9 Å². The van der Waals surface area contributed by atoms with E-state index in [1.807, 2.05) is 0 Å². The largest absolute Gasteiger partial charge is 0.310 e. The van der Waals surface area contributed by atoms with E-state index >= 15 is 0 Å². The molecule has 0 spiro atoms. The summed E-state index contributed by atoms with van der Waals surface area (Å²) in [6.07, 6.45) is 1.84. The molecule has 0 bridgehead atoms. The summed E-state index contributed by atoms with van der Waals surface area (Å²) in [5.41, 5.74) is 2.55. The summed E-state index contributed by atoms with van der Waals surface area (Å²) in [5.74, 6) is 0.767. The highest BCUT2D eigenvalue weighted by atomic mass is 79.9. The molecule has 0 aliphatic carbocycles. The first-order valence-electron chi connectivity index (χ1n) is 6.82. The Hall–Kier alpha value is -1.27. The van der Waals surface area contributed by atoms with Crippen LogP contribution in [-0.4, -0.2) is 26.8 Å². The van der Waals surface area contributed by atoms with Gasteiger partial charge in [-0.05, 0) is 48.4 Å². The van der Waals surface area contributed by atoms with Crippen molar-refractivity contribution < 1.29 is 0 Å². The molecule has 0 fully saturated rings. The minimum Gasteiger partial charge on any atom is -0.310 e. The molecule has 0 amide bonds. The molecule has 0 radical (unpaired) electrons. The van der Waals surface area contributed by atoms with Gasteiger partial charge >= 0.3 is 0 Å². The molecule has 1 heterocycles. The van der Waals surface area contributed by atoms with Crippen LogP contribution < -0.4 is 5.32 Å². The van der Waals surface area contributed by atoms with Crippen LogP contribution in [-0.2, 0) is 13.5 Å². The number of aryl methyl sites for hydroxylation is 2. The summed E-state index contributed by atoms with van der Waals surface area (Å²) in [6.45, 7) is 5.27. The van der Waals surface area contributed by atoms with Gasteiger partial charge < -0.3 is 5.32 Å². The minimum absolute atomic E-state index is 0.215. The average molecular weight is 338 g/mol. The number of hydrogen-bond acceptors (Lipinski definition) is 4. The van der Waals surface area contributed by atoms with Gasteiger partial charge in [0.15, 0.2) is 5.82 Å². The van der Waals surface area contributed by atoms with Crippen molar-refractivity contribution in [1.82, 2.24) is 25.5 Å². The third-order valence-corrected chi connectivity index (χ3v) is 3.68. The lowest BCUT2D eigenvalue weighted by Gasteiger charge is -2.19. The van der Waals surface area contributed by atoms with Gasteiger partial charge in [0.2, 0.25) is 0 Å². The molecule has 5 nitrogen and oxygen atoms in total. The molecule has 1 N–H and O–H groups in total. The lowest BCUT2D eigenvalue weighted by molar-refractivity contribution is 0.515. The molecule has 6 heteroatoms. The minimum atomic E-state index is 0.215. The zero-order valence-electron chi connectivity index (χ0n) is 12.1. The lowest BCUT2D eigenvalue weighted by atomic mass is 9.98. The Morgan fingerprint density at radius 2 is 2.20 bits per heavy atom. The van der Waals surface area contributed by atoms with Crippen molar-refractivity contribution >= 4 is 15.9 Å². The number of aromatic nitrogens is 4. The fourth-order valence-corrected chi connectivity index (χ4v) is 2.70. The van der Waals surface area contributed by atoms with Crippen molar-refractivity contribution in [2.24, 2.45) is 7.05 Å². The normalized spacial score (nSPS) is 12.6. The van der Waals surface area contributed by atoms with Gasteiger partial charge in [0.1, 0.15) is 0 Å². The Labute approximate surface area is 127 Å². The van der Waals surface area contributed by atoms with Crippen LogP contribution in [0.15, 0.2) is 22.7 Å². The molecule has 1 unspecified atom stereocenters. The van der Waals surface area contributed by atoms with Gasteiger partial charge in [-0.15, -0.1) is 10.2 Å². The second-order valence-electron chi connectivity index (χ2n) is 4.91. The molecule has 0 aliphatic rings. The fraction of sp³-hybridized carbons (Fsp3) is 0.500. The van der Waals surface area contributed by atoms with Gasteiger partial charge in [-0.25, -0.2) is 0 Å². The SMILES string of the molecule is CCCNC(Cc1nnn(C)n1)c1ccc(Br)cc1C. The van der Waals surface area contributed by atoms with Crippen LogP contribution in [0.1, 0.15) is 36.3 Å². The van der Waals surface area contributed by atoms with Crippen molar-refractivity contribution in [3.63, 3.8) is 0 Å². The van der Waals surface area contributed by atoms with E-state index < -0.39 is 0 Å². The van der Waals surface area contributed by atoms with Crippen LogP contribution in [0.2, 0.25) is 0 Å². The van der Waals surface area contributed by atoms with Gasteiger partial charge in [-0.2, -0.15) is 4.80 Å². The van der Waals surface area contributed by atoms with Crippen LogP contribution in [0.3, 0.4) is 0 Å². The fourth-order valence-electron chi connectivity index (χ4n) is 2.23. The molecule has 0 saturated heterocycles. The van der Waals surface area contributed by atoms with E-state index in [-0.39, 0.29) is 6.04 Å². The Bertz CT molecular complexity index is 566. The van der Waals surface area contributed by atoms with E-state index in [0.717, 1.165) is 29.7 Å². The summed E-state index contributed by atoms with van der Waals surface area (Å²) in [7, 11) is 1.79. The number of halogens is 1. The van der Waals surface area contributed by atoms with E-state index in [2.05, 4.69) is 68.7 Å². The number of tetrazole rings is 1. The van der Waals surface area contributed by atoms with E-state index in [4.69, 9.17) is 0 Å². The molecule has 1 atom stereocenters. The molecular formula is C14H20BrN5. The summed E-state index contributed by atoms with van der Waals surface area (Å²) in [4.78, 5) is 1.50. The Balaban J connectivity index is 2.22. The number of hydrogen-bond donors (Lipinski definition) is 1. The highest BCUT2D eigenvalue weighted by Crippen LogP contribution is 2.23.